The van der Waals surface area contributed by atoms with Gasteiger partial charge in [-0.1, -0.05) is 44.9 Å². The molecular weight excluding hydrogens is 277 g/mol. The molecule has 0 aliphatic rings. The maximum atomic E-state index is 13.6. The number of benzene rings is 2. The Balaban J connectivity index is 2.09. The minimum absolute atomic E-state index is 0.0929. The summed E-state index contributed by atoms with van der Waals surface area (Å²) in [4.78, 5) is 12.3. The predicted octanol–water partition coefficient (Wildman–Crippen LogP) is 4.92. The van der Waals surface area contributed by atoms with Crippen LogP contribution in [0.4, 0.5) is 4.39 Å². The van der Waals surface area contributed by atoms with E-state index in [2.05, 4.69) is 19.2 Å². The highest BCUT2D eigenvalue weighted by Crippen LogP contribution is 2.20. The SMILES string of the molecule is CCC(CC)CC(C)NC(=O)c1ccc2c(F)cccc2c1. The molecule has 0 bridgehead atoms. The van der Waals surface area contributed by atoms with Crippen LogP contribution >= 0.6 is 0 Å². The van der Waals surface area contributed by atoms with Gasteiger partial charge in [-0.2, -0.15) is 0 Å². The molecule has 1 N–H and O–H groups in total. The van der Waals surface area contributed by atoms with Crippen molar-refractivity contribution in [1.82, 2.24) is 5.32 Å². The van der Waals surface area contributed by atoms with E-state index in [1.807, 2.05) is 13.0 Å². The van der Waals surface area contributed by atoms with Gasteiger partial charge in [0.2, 0.25) is 0 Å². The third-order valence-electron chi connectivity index (χ3n) is 4.31. The van der Waals surface area contributed by atoms with Crippen LogP contribution < -0.4 is 5.32 Å². The maximum Gasteiger partial charge on any atom is 0.251 e. The smallest absolute Gasteiger partial charge is 0.251 e. The van der Waals surface area contributed by atoms with Crippen molar-refractivity contribution in [2.24, 2.45) is 5.92 Å². The molecule has 118 valence electrons. The van der Waals surface area contributed by atoms with Gasteiger partial charge in [0.1, 0.15) is 5.82 Å². The van der Waals surface area contributed by atoms with E-state index in [9.17, 15) is 9.18 Å². The van der Waals surface area contributed by atoms with Crippen molar-refractivity contribution in [3.05, 3.63) is 47.8 Å². The number of hydrogen-bond acceptors (Lipinski definition) is 1. The van der Waals surface area contributed by atoms with E-state index in [1.54, 1.807) is 24.3 Å². The molecule has 1 atom stereocenters. The Morgan fingerprint density at radius 3 is 2.59 bits per heavy atom. The second-order valence-corrected chi connectivity index (χ2v) is 5.97. The molecule has 0 fully saturated rings. The molecule has 0 saturated carbocycles. The van der Waals surface area contributed by atoms with Crippen molar-refractivity contribution < 1.29 is 9.18 Å². The standard InChI is InChI=1S/C19H24FNO/c1-4-14(5-2)11-13(3)21-19(22)16-9-10-17-15(12-16)7-6-8-18(17)20/h6-10,12-14H,4-5,11H2,1-3H3,(H,21,22). The van der Waals surface area contributed by atoms with Crippen molar-refractivity contribution in [3.8, 4) is 0 Å². The molecule has 0 aliphatic carbocycles. The van der Waals surface area contributed by atoms with E-state index in [1.165, 1.54) is 6.07 Å². The first-order chi connectivity index (χ1) is 10.5. The van der Waals surface area contributed by atoms with Crippen molar-refractivity contribution in [1.29, 1.82) is 0 Å². The minimum Gasteiger partial charge on any atom is -0.350 e. The normalized spacial score (nSPS) is 12.6. The number of rotatable bonds is 6. The molecule has 0 radical (unpaired) electrons. The quantitative estimate of drug-likeness (QED) is 0.806. The molecule has 2 aromatic carbocycles. The molecule has 2 nitrogen and oxygen atoms in total. The van der Waals surface area contributed by atoms with Gasteiger partial charge in [-0.3, -0.25) is 4.79 Å². The number of hydrogen-bond donors (Lipinski definition) is 1. The highest BCUT2D eigenvalue weighted by molar-refractivity contribution is 5.98. The Labute approximate surface area is 131 Å². The summed E-state index contributed by atoms with van der Waals surface area (Å²) in [5, 5.41) is 4.34. The third kappa shape index (κ3) is 3.85. The van der Waals surface area contributed by atoms with Crippen molar-refractivity contribution >= 4 is 16.7 Å². The summed E-state index contributed by atoms with van der Waals surface area (Å²) in [7, 11) is 0. The van der Waals surface area contributed by atoms with Crippen LogP contribution in [0.5, 0.6) is 0 Å². The van der Waals surface area contributed by atoms with Gasteiger partial charge < -0.3 is 5.32 Å². The van der Waals surface area contributed by atoms with Gasteiger partial charge in [-0.25, -0.2) is 4.39 Å². The first-order valence-electron chi connectivity index (χ1n) is 8.04. The Morgan fingerprint density at radius 2 is 1.91 bits per heavy atom. The summed E-state index contributed by atoms with van der Waals surface area (Å²) in [6, 6.07) is 10.2. The summed E-state index contributed by atoms with van der Waals surface area (Å²) in [5.74, 6) is 0.289. The fourth-order valence-corrected chi connectivity index (χ4v) is 2.87. The van der Waals surface area contributed by atoms with Crippen molar-refractivity contribution in [2.75, 3.05) is 0 Å². The summed E-state index contributed by atoms with van der Waals surface area (Å²) in [6.07, 6.45) is 3.25. The molecular formula is C19H24FNO. The molecule has 2 rings (SSSR count). The van der Waals surface area contributed by atoms with Gasteiger partial charge >= 0.3 is 0 Å². The highest BCUT2D eigenvalue weighted by atomic mass is 19.1. The van der Waals surface area contributed by atoms with E-state index < -0.39 is 0 Å². The Morgan fingerprint density at radius 1 is 1.18 bits per heavy atom. The van der Waals surface area contributed by atoms with Crippen LogP contribution in [0.3, 0.4) is 0 Å². The van der Waals surface area contributed by atoms with Crippen molar-refractivity contribution in [2.45, 2.75) is 46.1 Å². The van der Waals surface area contributed by atoms with Gasteiger partial charge in [0, 0.05) is 17.0 Å². The van der Waals surface area contributed by atoms with E-state index >= 15 is 0 Å². The fraction of sp³-hybridized carbons (Fsp3) is 0.421. The van der Waals surface area contributed by atoms with E-state index in [0.717, 1.165) is 24.6 Å². The molecule has 0 heterocycles. The topological polar surface area (TPSA) is 29.1 Å². The average Bonchev–Trinajstić information content (AvgIpc) is 2.52. The molecule has 0 saturated heterocycles. The molecule has 0 aliphatic heterocycles. The van der Waals surface area contributed by atoms with E-state index in [4.69, 9.17) is 0 Å². The first-order valence-corrected chi connectivity index (χ1v) is 8.04. The zero-order valence-corrected chi connectivity index (χ0v) is 13.5. The number of carbonyl (C=O) groups is 1. The highest BCUT2D eigenvalue weighted by Gasteiger charge is 2.14. The van der Waals surface area contributed by atoms with Crippen LogP contribution in [0.1, 0.15) is 50.4 Å². The number of halogens is 1. The monoisotopic (exact) mass is 301 g/mol. The molecule has 0 spiro atoms. The lowest BCUT2D eigenvalue weighted by molar-refractivity contribution is 0.0934. The Hall–Kier alpha value is -1.90. The lowest BCUT2D eigenvalue weighted by Crippen LogP contribution is -2.34. The van der Waals surface area contributed by atoms with Crippen LogP contribution in [-0.4, -0.2) is 11.9 Å². The third-order valence-corrected chi connectivity index (χ3v) is 4.31. The second-order valence-electron chi connectivity index (χ2n) is 5.97. The number of amides is 1. The maximum absolute atomic E-state index is 13.6. The van der Waals surface area contributed by atoms with Gasteiger partial charge in [-0.15, -0.1) is 0 Å². The lowest BCUT2D eigenvalue weighted by Gasteiger charge is -2.19. The number of nitrogens with one attached hydrogen (secondary N) is 1. The molecule has 22 heavy (non-hydrogen) atoms. The molecule has 2 aromatic rings. The van der Waals surface area contributed by atoms with Crippen molar-refractivity contribution in [3.63, 3.8) is 0 Å². The predicted molar refractivity (Wildman–Crippen MR) is 89.5 cm³/mol. The number of fused-ring (bicyclic) bond motifs is 1. The average molecular weight is 301 g/mol. The first kappa shape index (κ1) is 16.5. The summed E-state index contributed by atoms with van der Waals surface area (Å²) >= 11 is 0. The fourth-order valence-electron chi connectivity index (χ4n) is 2.87. The van der Waals surface area contributed by atoms with E-state index in [0.29, 0.717) is 16.9 Å². The zero-order chi connectivity index (χ0) is 16.1. The number of carbonyl (C=O) groups excluding carboxylic acids is 1. The summed E-state index contributed by atoms with van der Waals surface area (Å²) < 4.78 is 13.6. The second kappa shape index (κ2) is 7.39. The minimum atomic E-state index is -0.258. The molecule has 0 aromatic heterocycles. The summed E-state index contributed by atoms with van der Waals surface area (Å²) in [5.41, 5.74) is 0.578. The van der Waals surface area contributed by atoms with Crippen LogP contribution in [0.25, 0.3) is 10.8 Å². The summed E-state index contributed by atoms with van der Waals surface area (Å²) in [6.45, 7) is 6.40. The zero-order valence-electron chi connectivity index (χ0n) is 13.5. The van der Waals surface area contributed by atoms with Gasteiger partial charge in [0.25, 0.3) is 5.91 Å². The molecule has 1 amide bonds. The molecule has 1 unspecified atom stereocenters. The van der Waals surface area contributed by atoms with Crippen LogP contribution in [0.2, 0.25) is 0 Å². The largest absolute Gasteiger partial charge is 0.350 e. The van der Waals surface area contributed by atoms with Gasteiger partial charge in [0.15, 0.2) is 0 Å². The van der Waals surface area contributed by atoms with Crippen LogP contribution in [0.15, 0.2) is 36.4 Å². The van der Waals surface area contributed by atoms with E-state index in [-0.39, 0.29) is 17.8 Å². The molecule has 3 heteroatoms. The Bertz CT molecular complexity index is 649. The van der Waals surface area contributed by atoms with Crippen LogP contribution in [-0.2, 0) is 0 Å². The van der Waals surface area contributed by atoms with Gasteiger partial charge in [-0.05, 0) is 42.8 Å². The Kier molecular flexibility index (Phi) is 5.53. The lowest BCUT2D eigenvalue weighted by atomic mass is 9.95. The van der Waals surface area contributed by atoms with Crippen LogP contribution in [0, 0.1) is 11.7 Å². The van der Waals surface area contributed by atoms with Gasteiger partial charge in [0.05, 0.1) is 0 Å².